The number of nitrogens with zero attached hydrogens (tertiary/aromatic N) is 2. The van der Waals surface area contributed by atoms with Crippen molar-refractivity contribution in [2.24, 2.45) is 0 Å². The minimum Gasteiger partial charge on any atom is -0.465 e. The highest BCUT2D eigenvalue weighted by Gasteiger charge is 2.23. The van der Waals surface area contributed by atoms with Gasteiger partial charge in [-0.1, -0.05) is 0 Å². The van der Waals surface area contributed by atoms with Gasteiger partial charge >= 0.3 is 5.97 Å². The number of carbonyl (C=O) groups is 2. The number of methoxy groups -OCH3 is 1. The molecular formula is C17H14F2N2O5. The number of rotatable bonds is 5. The molecule has 0 heterocycles. The van der Waals surface area contributed by atoms with Crippen LogP contribution in [0, 0.1) is 21.7 Å². The molecule has 2 aromatic rings. The Hall–Kier alpha value is -3.36. The first kappa shape index (κ1) is 19.0. The van der Waals surface area contributed by atoms with Gasteiger partial charge in [-0.05, 0) is 25.1 Å². The van der Waals surface area contributed by atoms with Crippen molar-refractivity contribution < 1.29 is 28.0 Å². The van der Waals surface area contributed by atoms with Gasteiger partial charge in [0.25, 0.3) is 11.6 Å². The maximum Gasteiger partial charge on any atom is 0.338 e. The third kappa shape index (κ3) is 3.82. The molecule has 0 aliphatic rings. The molecule has 0 aliphatic heterocycles. The van der Waals surface area contributed by atoms with Gasteiger partial charge in [-0.2, -0.15) is 0 Å². The van der Waals surface area contributed by atoms with E-state index in [9.17, 15) is 28.5 Å². The van der Waals surface area contributed by atoms with Crippen LogP contribution in [0.4, 0.5) is 20.2 Å². The van der Waals surface area contributed by atoms with Crippen LogP contribution in [0.3, 0.4) is 0 Å². The molecule has 0 spiro atoms. The second-order valence-corrected chi connectivity index (χ2v) is 5.17. The molecule has 9 heteroatoms. The number of esters is 1. The molecule has 0 unspecified atom stereocenters. The summed E-state index contributed by atoms with van der Waals surface area (Å²) in [6, 6.07) is 6.04. The minimum atomic E-state index is -1.14. The molecule has 0 aromatic heterocycles. The summed E-state index contributed by atoms with van der Waals surface area (Å²) in [5, 5.41) is 11.1. The predicted molar refractivity (Wildman–Crippen MR) is 88.1 cm³/mol. The Morgan fingerprint density at radius 1 is 1.12 bits per heavy atom. The first-order chi connectivity index (χ1) is 12.3. The number of benzene rings is 2. The van der Waals surface area contributed by atoms with E-state index in [2.05, 4.69) is 4.74 Å². The molecule has 0 N–H and O–H groups in total. The van der Waals surface area contributed by atoms with Crippen molar-refractivity contribution in [3.63, 3.8) is 0 Å². The maximum atomic E-state index is 13.5. The average Bonchev–Trinajstić information content (AvgIpc) is 2.63. The fraction of sp³-hybridized carbons (Fsp3) is 0.176. The number of ether oxygens (including phenoxy) is 1. The number of halogens is 2. The van der Waals surface area contributed by atoms with E-state index in [-0.39, 0.29) is 23.4 Å². The molecule has 7 nitrogen and oxygen atoms in total. The minimum absolute atomic E-state index is 0.0718. The van der Waals surface area contributed by atoms with E-state index >= 15 is 0 Å². The first-order valence-electron chi connectivity index (χ1n) is 7.43. The second-order valence-electron chi connectivity index (χ2n) is 5.17. The van der Waals surface area contributed by atoms with Crippen LogP contribution in [0.2, 0.25) is 0 Å². The van der Waals surface area contributed by atoms with E-state index in [1.54, 1.807) is 6.92 Å². The van der Waals surface area contributed by atoms with Gasteiger partial charge < -0.3 is 9.64 Å². The lowest BCUT2D eigenvalue weighted by atomic mass is 10.1. The molecule has 0 atom stereocenters. The average molecular weight is 364 g/mol. The molecule has 0 fully saturated rings. The number of amides is 1. The largest absolute Gasteiger partial charge is 0.465 e. The Bertz CT molecular complexity index is 885. The van der Waals surface area contributed by atoms with Crippen LogP contribution >= 0.6 is 0 Å². The zero-order chi connectivity index (χ0) is 19.4. The summed E-state index contributed by atoms with van der Waals surface area (Å²) in [6.07, 6.45) is 0. The van der Waals surface area contributed by atoms with E-state index in [1.165, 1.54) is 6.07 Å². The Balaban J connectivity index is 2.51. The number of non-ortho nitro benzene ring substituents is 1. The molecule has 1 amide bonds. The summed E-state index contributed by atoms with van der Waals surface area (Å²) >= 11 is 0. The van der Waals surface area contributed by atoms with E-state index in [4.69, 9.17) is 0 Å². The quantitative estimate of drug-likeness (QED) is 0.461. The first-order valence-corrected chi connectivity index (χ1v) is 7.43. The van der Waals surface area contributed by atoms with Gasteiger partial charge in [0.1, 0.15) is 0 Å². The van der Waals surface area contributed by atoms with E-state index in [0.29, 0.717) is 0 Å². The molecule has 0 bridgehead atoms. The Morgan fingerprint density at radius 3 is 2.31 bits per heavy atom. The van der Waals surface area contributed by atoms with Gasteiger partial charge in [0.2, 0.25) is 0 Å². The molecule has 26 heavy (non-hydrogen) atoms. The zero-order valence-electron chi connectivity index (χ0n) is 13.9. The van der Waals surface area contributed by atoms with Gasteiger partial charge in [-0.3, -0.25) is 14.9 Å². The number of anilines is 1. The van der Waals surface area contributed by atoms with Crippen LogP contribution in [0.5, 0.6) is 0 Å². The lowest BCUT2D eigenvalue weighted by Gasteiger charge is -2.21. The summed E-state index contributed by atoms with van der Waals surface area (Å²) < 4.78 is 31.1. The van der Waals surface area contributed by atoms with E-state index in [1.807, 2.05) is 0 Å². The van der Waals surface area contributed by atoms with Crippen LogP contribution in [-0.2, 0) is 4.74 Å². The highest BCUT2D eigenvalue weighted by molar-refractivity contribution is 6.07. The monoisotopic (exact) mass is 364 g/mol. The number of carbonyl (C=O) groups excluding carboxylic acids is 2. The summed E-state index contributed by atoms with van der Waals surface area (Å²) in [7, 11) is 1.10. The lowest BCUT2D eigenvalue weighted by Crippen LogP contribution is -2.31. The molecule has 0 saturated heterocycles. The van der Waals surface area contributed by atoms with Crippen LogP contribution in [-0.4, -0.2) is 30.5 Å². The zero-order valence-corrected chi connectivity index (χ0v) is 13.9. The summed E-state index contributed by atoms with van der Waals surface area (Å²) in [5.74, 6) is -3.77. The number of hydrogen-bond donors (Lipinski definition) is 0. The molecule has 0 radical (unpaired) electrons. The molecule has 2 rings (SSSR count). The SMILES string of the molecule is CCN(C(=O)c1cc(C(=O)OC)cc([N+](=O)[O-])c1)c1ccc(F)c(F)c1. The molecule has 2 aromatic carbocycles. The van der Waals surface area contributed by atoms with Crippen molar-refractivity contribution in [1.29, 1.82) is 0 Å². The van der Waals surface area contributed by atoms with Crippen molar-refractivity contribution in [1.82, 2.24) is 0 Å². The standard InChI is InChI=1S/C17H14F2N2O5/c1-3-20(12-4-5-14(18)15(19)9-12)16(22)10-6-11(17(23)26-2)8-13(7-10)21(24)25/h4-9H,3H2,1-2H3. The van der Waals surface area contributed by atoms with Crippen molar-refractivity contribution >= 4 is 23.3 Å². The summed E-state index contributed by atoms with van der Waals surface area (Å²) in [4.78, 5) is 35.9. The summed E-state index contributed by atoms with van der Waals surface area (Å²) in [5.41, 5.74) is -0.738. The molecule has 0 saturated carbocycles. The normalized spacial score (nSPS) is 10.3. The molecule has 136 valence electrons. The maximum absolute atomic E-state index is 13.5. The lowest BCUT2D eigenvalue weighted by molar-refractivity contribution is -0.384. The van der Waals surface area contributed by atoms with Crippen molar-refractivity contribution in [2.45, 2.75) is 6.92 Å². The Morgan fingerprint density at radius 2 is 1.77 bits per heavy atom. The van der Waals surface area contributed by atoms with E-state index in [0.717, 1.165) is 42.3 Å². The fourth-order valence-corrected chi connectivity index (χ4v) is 2.33. The highest BCUT2D eigenvalue weighted by atomic mass is 19.2. The third-order valence-corrected chi connectivity index (χ3v) is 3.57. The van der Waals surface area contributed by atoms with Gasteiger partial charge in [0, 0.05) is 36.0 Å². The predicted octanol–water partition coefficient (Wildman–Crippen LogP) is 3.33. The van der Waals surface area contributed by atoms with Crippen LogP contribution in [0.25, 0.3) is 0 Å². The van der Waals surface area contributed by atoms with Crippen LogP contribution < -0.4 is 4.90 Å². The molecular weight excluding hydrogens is 350 g/mol. The molecule has 0 aliphatic carbocycles. The van der Waals surface area contributed by atoms with Crippen LogP contribution in [0.1, 0.15) is 27.6 Å². The van der Waals surface area contributed by atoms with Gasteiger partial charge in [0.05, 0.1) is 17.6 Å². The number of hydrogen-bond acceptors (Lipinski definition) is 5. The third-order valence-electron chi connectivity index (χ3n) is 3.57. The fourth-order valence-electron chi connectivity index (χ4n) is 2.33. The second kappa shape index (κ2) is 7.68. The van der Waals surface area contributed by atoms with Gasteiger partial charge in [-0.25, -0.2) is 13.6 Å². The summed E-state index contributed by atoms with van der Waals surface area (Å²) in [6.45, 7) is 1.68. The Labute approximate surface area is 146 Å². The number of nitro groups is 1. The van der Waals surface area contributed by atoms with Crippen LogP contribution in [0.15, 0.2) is 36.4 Å². The highest BCUT2D eigenvalue weighted by Crippen LogP contribution is 2.23. The van der Waals surface area contributed by atoms with Gasteiger partial charge in [-0.15, -0.1) is 0 Å². The van der Waals surface area contributed by atoms with Crippen molar-refractivity contribution in [2.75, 3.05) is 18.6 Å². The number of nitro benzene ring substituents is 1. The van der Waals surface area contributed by atoms with E-state index < -0.39 is 34.1 Å². The van der Waals surface area contributed by atoms with Gasteiger partial charge in [0.15, 0.2) is 11.6 Å². The topological polar surface area (TPSA) is 89.8 Å². The van der Waals surface area contributed by atoms with Crippen molar-refractivity contribution in [3.05, 3.63) is 69.3 Å². The Kier molecular flexibility index (Phi) is 5.61. The smallest absolute Gasteiger partial charge is 0.338 e. The van der Waals surface area contributed by atoms with Crippen molar-refractivity contribution in [3.8, 4) is 0 Å².